The molecule has 2 amide bonds. The number of piperidine rings is 1. The lowest BCUT2D eigenvalue weighted by molar-refractivity contribution is -0.148. The molecule has 92 valence electrons. The van der Waals surface area contributed by atoms with Crippen molar-refractivity contribution in [2.45, 2.75) is 32.7 Å². The molecule has 0 saturated carbocycles. The molecule has 6 heteroatoms. The zero-order chi connectivity index (χ0) is 12.6. The van der Waals surface area contributed by atoms with Crippen LogP contribution in [0.4, 0.5) is 5.82 Å². The van der Waals surface area contributed by atoms with E-state index in [1.807, 2.05) is 6.92 Å². The molecule has 2 N–H and O–H groups in total. The SMILES string of the molecule is Cc1nn(C)c(N)c1CN1C(=O)CCCC1=O. The van der Waals surface area contributed by atoms with E-state index in [4.69, 9.17) is 5.73 Å². The molecule has 1 saturated heterocycles. The number of aromatic nitrogens is 2. The van der Waals surface area contributed by atoms with Gasteiger partial charge in [-0.25, -0.2) is 0 Å². The minimum atomic E-state index is -0.121. The van der Waals surface area contributed by atoms with Gasteiger partial charge in [0.1, 0.15) is 5.82 Å². The maximum Gasteiger partial charge on any atom is 0.229 e. The van der Waals surface area contributed by atoms with Crippen molar-refractivity contribution in [3.05, 3.63) is 11.3 Å². The number of hydrogen-bond acceptors (Lipinski definition) is 4. The van der Waals surface area contributed by atoms with Crippen LogP contribution in [0.15, 0.2) is 0 Å². The van der Waals surface area contributed by atoms with Gasteiger partial charge in [-0.15, -0.1) is 0 Å². The summed E-state index contributed by atoms with van der Waals surface area (Å²) in [5, 5.41) is 4.17. The highest BCUT2D eigenvalue weighted by Gasteiger charge is 2.27. The maximum atomic E-state index is 11.7. The number of carbonyl (C=O) groups excluding carboxylic acids is 2. The lowest BCUT2D eigenvalue weighted by Gasteiger charge is -2.24. The maximum absolute atomic E-state index is 11.7. The molecular weight excluding hydrogens is 220 g/mol. The number of nitrogen functional groups attached to an aromatic ring is 1. The van der Waals surface area contributed by atoms with Gasteiger partial charge in [-0.3, -0.25) is 19.2 Å². The number of likely N-dealkylation sites (tertiary alicyclic amines) is 1. The van der Waals surface area contributed by atoms with Crippen LogP contribution in [0.2, 0.25) is 0 Å². The predicted molar refractivity (Wildman–Crippen MR) is 61.8 cm³/mol. The Kier molecular flexibility index (Phi) is 2.87. The first-order valence-corrected chi connectivity index (χ1v) is 5.62. The van der Waals surface area contributed by atoms with Crippen LogP contribution in [0.3, 0.4) is 0 Å². The largest absolute Gasteiger partial charge is 0.384 e. The van der Waals surface area contributed by atoms with Gasteiger partial charge in [0.25, 0.3) is 0 Å². The Morgan fingerprint density at radius 3 is 2.35 bits per heavy atom. The van der Waals surface area contributed by atoms with E-state index >= 15 is 0 Å². The summed E-state index contributed by atoms with van der Waals surface area (Å²) in [5.41, 5.74) is 7.38. The van der Waals surface area contributed by atoms with Crippen molar-refractivity contribution in [2.75, 3.05) is 5.73 Å². The van der Waals surface area contributed by atoms with E-state index in [1.165, 1.54) is 4.90 Å². The predicted octanol–water partition coefficient (Wildman–Crippen LogP) is 0.350. The molecule has 0 bridgehead atoms. The second-order valence-electron chi connectivity index (χ2n) is 4.30. The molecule has 0 aromatic carbocycles. The molecule has 1 fully saturated rings. The van der Waals surface area contributed by atoms with Crippen molar-refractivity contribution in [1.29, 1.82) is 0 Å². The van der Waals surface area contributed by atoms with Crippen LogP contribution in [0.1, 0.15) is 30.5 Å². The third-order valence-corrected chi connectivity index (χ3v) is 3.09. The molecule has 1 aromatic heterocycles. The van der Waals surface area contributed by atoms with E-state index in [9.17, 15) is 9.59 Å². The minimum Gasteiger partial charge on any atom is -0.384 e. The molecule has 0 spiro atoms. The fourth-order valence-corrected chi connectivity index (χ4v) is 2.05. The molecule has 2 heterocycles. The standard InChI is InChI=1S/C11H16N4O2/c1-7-8(11(12)14(2)13-7)6-15-9(16)4-3-5-10(15)17/h3-6,12H2,1-2H3. The first-order chi connectivity index (χ1) is 8.00. The van der Waals surface area contributed by atoms with E-state index in [0.29, 0.717) is 25.1 Å². The summed E-state index contributed by atoms with van der Waals surface area (Å²) in [6.45, 7) is 2.06. The van der Waals surface area contributed by atoms with Crippen molar-refractivity contribution in [1.82, 2.24) is 14.7 Å². The molecular formula is C11H16N4O2. The van der Waals surface area contributed by atoms with Crippen LogP contribution >= 0.6 is 0 Å². The fourth-order valence-electron chi connectivity index (χ4n) is 2.05. The number of carbonyl (C=O) groups is 2. The average Bonchev–Trinajstić information content (AvgIpc) is 2.49. The Bertz CT molecular complexity index is 462. The summed E-state index contributed by atoms with van der Waals surface area (Å²) >= 11 is 0. The van der Waals surface area contributed by atoms with E-state index < -0.39 is 0 Å². The summed E-state index contributed by atoms with van der Waals surface area (Å²) in [6, 6.07) is 0. The Morgan fingerprint density at radius 2 is 1.88 bits per heavy atom. The highest BCUT2D eigenvalue weighted by Crippen LogP contribution is 2.21. The molecule has 6 nitrogen and oxygen atoms in total. The second kappa shape index (κ2) is 4.20. The number of amides is 2. The molecule has 0 unspecified atom stereocenters. The zero-order valence-corrected chi connectivity index (χ0v) is 10.1. The third-order valence-electron chi connectivity index (χ3n) is 3.09. The van der Waals surface area contributed by atoms with Crippen molar-refractivity contribution >= 4 is 17.6 Å². The first-order valence-electron chi connectivity index (χ1n) is 5.62. The fraction of sp³-hybridized carbons (Fsp3) is 0.545. The van der Waals surface area contributed by atoms with Crippen LogP contribution in [-0.4, -0.2) is 26.5 Å². The molecule has 17 heavy (non-hydrogen) atoms. The van der Waals surface area contributed by atoms with Crippen LogP contribution in [0.5, 0.6) is 0 Å². The highest BCUT2D eigenvalue weighted by atomic mass is 16.2. The lowest BCUT2D eigenvalue weighted by atomic mass is 10.1. The molecule has 1 aromatic rings. The summed E-state index contributed by atoms with van der Waals surface area (Å²) in [5.74, 6) is 0.265. The number of rotatable bonds is 2. The smallest absolute Gasteiger partial charge is 0.229 e. The summed E-state index contributed by atoms with van der Waals surface area (Å²) < 4.78 is 1.56. The molecule has 1 aliphatic heterocycles. The van der Waals surface area contributed by atoms with Crippen LogP contribution in [-0.2, 0) is 23.2 Å². The monoisotopic (exact) mass is 236 g/mol. The second-order valence-corrected chi connectivity index (χ2v) is 4.30. The van der Waals surface area contributed by atoms with Crippen LogP contribution < -0.4 is 5.73 Å². The van der Waals surface area contributed by atoms with E-state index in [-0.39, 0.29) is 18.4 Å². The number of nitrogens with zero attached hydrogens (tertiary/aromatic N) is 3. The molecule has 0 atom stereocenters. The number of aryl methyl sites for hydroxylation is 2. The van der Waals surface area contributed by atoms with Gasteiger partial charge in [0, 0.05) is 25.5 Å². The van der Waals surface area contributed by atoms with Crippen molar-refractivity contribution < 1.29 is 9.59 Å². The summed E-state index contributed by atoms with van der Waals surface area (Å²) in [4.78, 5) is 24.6. The van der Waals surface area contributed by atoms with E-state index in [2.05, 4.69) is 5.10 Å². The van der Waals surface area contributed by atoms with Gasteiger partial charge < -0.3 is 5.73 Å². The van der Waals surface area contributed by atoms with Gasteiger partial charge in [-0.05, 0) is 13.3 Å². The van der Waals surface area contributed by atoms with Gasteiger partial charge in [0.15, 0.2) is 0 Å². The molecule has 1 aliphatic rings. The summed E-state index contributed by atoms with van der Waals surface area (Å²) in [6.07, 6.45) is 1.52. The van der Waals surface area contributed by atoms with Gasteiger partial charge in [-0.2, -0.15) is 5.10 Å². The molecule has 2 rings (SSSR count). The Morgan fingerprint density at radius 1 is 1.29 bits per heavy atom. The molecule has 0 radical (unpaired) electrons. The van der Waals surface area contributed by atoms with Gasteiger partial charge in [0.05, 0.1) is 12.2 Å². The number of nitrogens with two attached hydrogens (primary N) is 1. The van der Waals surface area contributed by atoms with Gasteiger partial charge in [0.2, 0.25) is 11.8 Å². The average molecular weight is 236 g/mol. The summed E-state index contributed by atoms with van der Waals surface area (Å²) in [7, 11) is 1.74. The Hall–Kier alpha value is -1.85. The van der Waals surface area contributed by atoms with Crippen molar-refractivity contribution in [3.63, 3.8) is 0 Å². The van der Waals surface area contributed by atoms with Crippen LogP contribution in [0, 0.1) is 6.92 Å². The van der Waals surface area contributed by atoms with E-state index in [0.717, 1.165) is 11.3 Å². The van der Waals surface area contributed by atoms with Crippen LogP contribution in [0.25, 0.3) is 0 Å². The van der Waals surface area contributed by atoms with E-state index in [1.54, 1.807) is 11.7 Å². The zero-order valence-electron chi connectivity index (χ0n) is 10.1. The lowest BCUT2D eigenvalue weighted by Crippen LogP contribution is -2.39. The van der Waals surface area contributed by atoms with Crippen molar-refractivity contribution in [2.24, 2.45) is 7.05 Å². The third kappa shape index (κ3) is 2.02. The highest BCUT2D eigenvalue weighted by molar-refractivity contribution is 5.97. The van der Waals surface area contributed by atoms with Gasteiger partial charge in [-0.1, -0.05) is 0 Å². The first kappa shape index (κ1) is 11.6. The normalized spacial score (nSPS) is 16.7. The topological polar surface area (TPSA) is 81.2 Å². The minimum absolute atomic E-state index is 0.121. The van der Waals surface area contributed by atoms with Gasteiger partial charge >= 0.3 is 0 Å². The molecule has 0 aliphatic carbocycles. The number of imide groups is 1. The Labute approximate surface area is 99.4 Å². The van der Waals surface area contributed by atoms with Crippen molar-refractivity contribution in [3.8, 4) is 0 Å². The number of anilines is 1. The Balaban J connectivity index is 2.25. The quantitative estimate of drug-likeness (QED) is 0.751. The number of hydrogen-bond donors (Lipinski definition) is 1.